The average Bonchev–Trinajstić information content (AvgIpc) is 3.47. The molecule has 0 unspecified atom stereocenters. The Morgan fingerprint density at radius 2 is 2.20 bits per heavy atom. The maximum absolute atomic E-state index is 12.5. The van der Waals surface area contributed by atoms with Crippen molar-refractivity contribution in [3.8, 4) is 11.4 Å². The number of hydrogen-bond donors (Lipinski definition) is 2. The Morgan fingerprint density at radius 3 is 3.00 bits per heavy atom. The van der Waals surface area contributed by atoms with E-state index >= 15 is 0 Å². The molecule has 1 aromatic carbocycles. The van der Waals surface area contributed by atoms with Crippen molar-refractivity contribution in [2.45, 2.75) is 0 Å². The van der Waals surface area contributed by atoms with Crippen LogP contribution in [0.1, 0.15) is 0 Å². The standard InChI is InChI=1S/C18H14ClN7O3S/c1-25-8-9(6-13(16(25)27)26-4-5-29-18(26)28)15-22-17(30-24-15)21-12-3-2-11-10(14(12)19)7-20-23-11/h2-3,6-8H,4-5H2,1H3,(H,20,23)(H,21,22,24). The van der Waals surface area contributed by atoms with Crippen molar-refractivity contribution in [1.29, 1.82) is 0 Å². The smallest absolute Gasteiger partial charge is 0.414 e. The molecule has 0 spiro atoms. The van der Waals surface area contributed by atoms with Gasteiger partial charge in [-0.1, -0.05) is 11.6 Å². The lowest BCUT2D eigenvalue weighted by molar-refractivity contribution is 0.181. The summed E-state index contributed by atoms with van der Waals surface area (Å²) in [7, 11) is 1.61. The van der Waals surface area contributed by atoms with Gasteiger partial charge in [-0.15, -0.1) is 0 Å². The Bertz CT molecular complexity index is 1350. The third-order valence-electron chi connectivity index (χ3n) is 4.70. The molecular formula is C18H14ClN7O3S. The van der Waals surface area contributed by atoms with Crippen molar-refractivity contribution in [3.05, 3.63) is 46.0 Å². The number of aromatic amines is 1. The summed E-state index contributed by atoms with van der Waals surface area (Å²) in [5, 5.41) is 11.9. The third kappa shape index (κ3) is 3.08. The molecule has 1 aliphatic heterocycles. The molecule has 1 aliphatic rings. The highest BCUT2D eigenvalue weighted by Crippen LogP contribution is 2.33. The first-order valence-electron chi connectivity index (χ1n) is 8.89. The maximum atomic E-state index is 12.5. The molecule has 2 N–H and O–H groups in total. The molecule has 30 heavy (non-hydrogen) atoms. The van der Waals surface area contributed by atoms with Gasteiger partial charge in [-0.2, -0.15) is 14.5 Å². The summed E-state index contributed by atoms with van der Waals surface area (Å²) in [5.41, 5.74) is 2.05. The number of amides is 1. The second-order valence-electron chi connectivity index (χ2n) is 6.60. The summed E-state index contributed by atoms with van der Waals surface area (Å²) in [4.78, 5) is 30.2. The zero-order valence-corrected chi connectivity index (χ0v) is 17.1. The number of anilines is 3. The number of rotatable bonds is 4. The second kappa shape index (κ2) is 7.11. The number of pyridine rings is 1. The molecule has 12 heteroatoms. The summed E-state index contributed by atoms with van der Waals surface area (Å²) in [5.74, 6) is 0.424. The van der Waals surface area contributed by atoms with Gasteiger partial charge in [0, 0.05) is 35.7 Å². The monoisotopic (exact) mass is 443 g/mol. The summed E-state index contributed by atoms with van der Waals surface area (Å²) in [6, 6.07) is 5.30. The Hall–Kier alpha value is -3.44. The van der Waals surface area contributed by atoms with Crippen LogP contribution in [0.15, 0.2) is 35.4 Å². The van der Waals surface area contributed by atoms with Gasteiger partial charge < -0.3 is 14.6 Å². The van der Waals surface area contributed by atoms with Crippen molar-refractivity contribution in [3.63, 3.8) is 0 Å². The van der Waals surface area contributed by atoms with E-state index < -0.39 is 6.09 Å². The zero-order valence-electron chi connectivity index (χ0n) is 15.5. The molecule has 1 amide bonds. The average molecular weight is 444 g/mol. The Balaban J connectivity index is 1.48. The van der Waals surface area contributed by atoms with Crippen LogP contribution >= 0.6 is 23.1 Å². The third-order valence-corrected chi connectivity index (χ3v) is 5.74. The fraction of sp³-hybridized carbons (Fsp3) is 0.167. The Kier molecular flexibility index (Phi) is 4.40. The molecule has 0 radical (unpaired) electrons. The molecule has 1 saturated heterocycles. The fourth-order valence-electron chi connectivity index (χ4n) is 3.21. The number of hydrogen-bond acceptors (Lipinski definition) is 8. The summed E-state index contributed by atoms with van der Waals surface area (Å²) in [6.07, 6.45) is 2.75. The van der Waals surface area contributed by atoms with Gasteiger partial charge >= 0.3 is 6.09 Å². The molecule has 10 nitrogen and oxygen atoms in total. The SMILES string of the molecule is Cn1cc(-c2nsc(Nc3ccc4[nH]ncc4c3Cl)n2)cc(N2CCOC2=O)c1=O. The molecular weight excluding hydrogens is 430 g/mol. The number of H-pyrrole nitrogens is 1. The molecule has 0 bridgehead atoms. The number of nitrogens with zero attached hydrogens (tertiary/aromatic N) is 5. The van der Waals surface area contributed by atoms with Gasteiger partial charge in [0.25, 0.3) is 5.56 Å². The van der Waals surface area contributed by atoms with Gasteiger partial charge in [0.2, 0.25) is 5.13 Å². The first kappa shape index (κ1) is 18.6. The predicted molar refractivity (Wildman–Crippen MR) is 114 cm³/mol. The lowest BCUT2D eigenvalue weighted by atomic mass is 10.2. The van der Waals surface area contributed by atoms with Gasteiger partial charge in [-0.25, -0.2) is 4.79 Å². The van der Waals surface area contributed by atoms with E-state index in [1.54, 1.807) is 25.5 Å². The minimum Gasteiger partial charge on any atom is -0.447 e. The molecule has 152 valence electrons. The van der Waals surface area contributed by atoms with Gasteiger partial charge in [0.05, 0.1) is 29.0 Å². The normalized spacial score (nSPS) is 13.8. The summed E-state index contributed by atoms with van der Waals surface area (Å²) in [6.45, 7) is 0.570. The van der Waals surface area contributed by atoms with E-state index in [4.69, 9.17) is 16.3 Å². The van der Waals surface area contributed by atoms with E-state index in [1.807, 2.05) is 12.1 Å². The van der Waals surface area contributed by atoms with E-state index in [0.717, 1.165) is 22.4 Å². The number of halogens is 1. The number of benzene rings is 1. The van der Waals surface area contributed by atoms with Crippen LogP contribution in [0.3, 0.4) is 0 Å². The van der Waals surface area contributed by atoms with Crippen LogP contribution in [0.5, 0.6) is 0 Å². The van der Waals surface area contributed by atoms with Gasteiger partial charge in [-0.3, -0.25) is 14.8 Å². The second-order valence-corrected chi connectivity index (χ2v) is 7.73. The molecule has 5 rings (SSSR count). The highest BCUT2D eigenvalue weighted by Gasteiger charge is 2.27. The number of cyclic esters (lactones) is 1. The van der Waals surface area contributed by atoms with Crippen molar-refractivity contribution < 1.29 is 9.53 Å². The number of carbonyl (C=O) groups is 1. The van der Waals surface area contributed by atoms with Crippen LogP contribution in [0, 0.1) is 0 Å². The Morgan fingerprint density at radius 1 is 1.33 bits per heavy atom. The molecule has 0 atom stereocenters. The quantitative estimate of drug-likeness (QED) is 0.497. The number of fused-ring (bicyclic) bond motifs is 1. The van der Waals surface area contributed by atoms with Crippen molar-refractivity contribution >= 4 is 56.6 Å². The number of aromatic nitrogens is 5. The highest BCUT2D eigenvalue weighted by atomic mass is 35.5. The molecule has 1 fully saturated rings. The van der Waals surface area contributed by atoms with Crippen molar-refractivity contribution in [2.75, 3.05) is 23.4 Å². The number of nitrogens with one attached hydrogen (secondary N) is 2. The van der Waals surface area contributed by atoms with E-state index in [1.165, 1.54) is 9.47 Å². The Labute approximate surface area is 178 Å². The lowest BCUT2D eigenvalue weighted by Crippen LogP contribution is -2.32. The highest BCUT2D eigenvalue weighted by molar-refractivity contribution is 7.10. The van der Waals surface area contributed by atoms with Gasteiger partial charge in [0.15, 0.2) is 5.82 Å². The minimum atomic E-state index is -0.540. The zero-order chi connectivity index (χ0) is 20.8. The predicted octanol–water partition coefficient (Wildman–Crippen LogP) is 3.13. The summed E-state index contributed by atoms with van der Waals surface area (Å²) < 4.78 is 10.7. The molecule has 0 aliphatic carbocycles. The molecule has 3 aromatic heterocycles. The van der Waals surface area contributed by atoms with E-state index in [9.17, 15) is 9.59 Å². The number of carbonyl (C=O) groups excluding carboxylic acids is 1. The number of ether oxygens (including phenoxy) is 1. The van der Waals surface area contributed by atoms with Crippen molar-refractivity contribution in [2.24, 2.45) is 7.05 Å². The summed E-state index contributed by atoms with van der Waals surface area (Å²) >= 11 is 7.61. The van der Waals surface area contributed by atoms with Crippen LogP contribution in [0.4, 0.5) is 21.3 Å². The molecule has 4 heterocycles. The van der Waals surface area contributed by atoms with E-state index in [0.29, 0.717) is 33.8 Å². The van der Waals surface area contributed by atoms with Crippen LogP contribution in [0.2, 0.25) is 5.02 Å². The maximum Gasteiger partial charge on any atom is 0.414 e. The topological polar surface area (TPSA) is 118 Å². The van der Waals surface area contributed by atoms with Crippen molar-refractivity contribution in [1.82, 2.24) is 24.1 Å². The van der Waals surface area contributed by atoms with E-state index in [-0.39, 0.29) is 17.9 Å². The van der Waals surface area contributed by atoms with Crippen LogP contribution in [-0.2, 0) is 11.8 Å². The lowest BCUT2D eigenvalue weighted by Gasteiger charge is -2.14. The first-order valence-corrected chi connectivity index (χ1v) is 10.0. The van der Waals surface area contributed by atoms with Gasteiger partial charge in [-0.05, 0) is 18.2 Å². The first-order chi connectivity index (χ1) is 14.5. The van der Waals surface area contributed by atoms with E-state index in [2.05, 4.69) is 24.9 Å². The largest absolute Gasteiger partial charge is 0.447 e. The number of aryl methyl sites for hydroxylation is 1. The van der Waals surface area contributed by atoms with Crippen LogP contribution < -0.4 is 15.8 Å². The van der Waals surface area contributed by atoms with Crippen LogP contribution in [-0.4, -0.2) is 43.4 Å². The van der Waals surface area contributed by atoms with Gasteiger partial charge in [0.1, 0.15) is 12.3 Å². The van der Waals surface area contributed by atoms with Crippen LogP contribution in [0.25, 0.3) is 22.3 Å². The molecule has 0 saturated carbocycles. The minimum absolute atomic E-state index is 0.232. The molecule has 4 aromatic rings. The fourth-order valence-corrected chi connectivity index (χ4v) is 4.07.